The maximum Gasteiger partial charge on any atom is 0.245 e. The molecule has 5 nitrogen and oxygen atoms in total. The number of nitrogens with one attached hydrogen (secondary N) is 1. The molecule has 0 amide bonds. The van der Waals surface area contributed by atoms with Crippen LogP contribution in [0.5, 0.6) is 0 Å². The van der Waals surface area contributed by atoms with Gasteiger partial charge in [-0.2, -0.15) is 4.98 Å². The Labute approximate surface area is 120 Å². The van der Waals surface area contributed by atoms with Crippen molar-refractivity contribution < 1.29 is 0 Å². The molecule has 7 heteroatoms. The Kier molecular flexibility index (Phi) is 3.72. The first-order valence-corrected chi connectivity index (χ1v) is 7.64. The molecular formula is C12H16ClN5S. The molecule has 1 atom stereocenters. The summed E-state index contributed by atoms with van der Waals surface area (Å²) in [5.41, 5.74) is 5.75. The Balaban J connectivity index is 1.79. The van der Waals surface area contributed by atoms with Gasteiger partial charge >= 0.3 is 0 Å². The number of rotatable bonds is 3. The summed E-state index contributed by atoms with van der Waals surface area (Å²) in [7, 11) is 0. The van der Waals surface area contributed by atoms with E-state index in [1.165, 1.54) is 6.42 Å². The van der Waals surface area contributed by atoms with E-state index in [4.69, 9.17) is 17.3 Å². The maximum absolute atomic E-state index is 6.11. The minimum Gasteiger partial charge on any atom is -0.339 e. The molecule has 3 heterocycles. The zero-order valence-electron chi connectivity index (χ0n) is 10.5. The van der Waals surface area contributed by atoms with Crippen LogP contribution in [-0.4, -0.2) is 34.8 Å². The standard InChI is InChI=1S/C12H16ClN5S/c13-9-3-5-19-10(9)11-15-12(17-16-11)18-4-1-2-8(6-14)7-18/h3,5,8H,1-2,4,6-7,14H2,(H,15,16,17). The number of piperidine rings is 1. The van der Waals surface area contributed by atoms with Crippen molar-refractivity contribution in [2.45, 2.75) is 12.8 Å². The molecule has 0 bridgehead atoms. The van der Waals surface area contributed by atoms with Crippen molar-refractivity contribution in [3.8, 4) is 10.7 Å². The third-order valence-electron chi connectivity index (χ3n) is 3.44. The Morgan fingerprint density at radius 1 is 1.58 bits per heavy atom. The first kappa shape index (κ1) is 12.9. The van der Waals surface area contributed by atoms with Gasteiger partial charge in [0.05, 0.1) is 9.90 Å². The number of aromatic nitrogens is 3. The highest BCUT2D eigenvalue weighted by Crippen LogP contribution is 2.31. The largest absolute Gasteiger partial charge is 0.339 e. The van der Waals surface area contributed by atoms with Crippen molar-refractivity contribution in [2.75, 3.05) is 24.5 Å². The molecule has 3 N–H and O–H groups in total. The molecule has 19 heavy (non-hydrogen) atoms. The number of halogens is 1. The normalized spacial score (nSPS) is 19.9. The zero-order chi connectivity index (χ0) is 13.2. The van der Waals surface area contributed by atoms with Crippen molar-refractivity contribution in [2.24, 2.45) is 11.7 Å². The van der Waals surface area contributed by atoms with Gasteiger partial charge in [0.25, 0.3) is 0 Å². The highest BCUT2D eigenvalue weighted by atomic mass is 35.5. The van der Waals surface area contributed by atoms with E-state index < -0.39 is 0 Å². The van der Waals surface area contributed by atoms with E-state index in [0.29, 0.717) is 10.9 Å². The van der Waals surface area contributed by atoms with Gasteiger partial charge in [0.1, 0.15) is 0 Å². The highest BCUT2D eigenvalue weighted by molar-refractivity contribution is 7.14. The van der Waals surface area contributed by atoms with Gasteiger partial charge in [-0.15, -0.1) is 16.4 Å². The molecule has 0 spiro atoms. The van der Waals surface area contributed by atoms with Crippen LogP contribution in [-0.2, 0) is 0 Å². The summed E-state index contributed by atoms with van der Waals surface area (Å²) in [6, 6.07) is 1.87. The van der Waals surface area contributed by atoms with Crippen LogP contribution < -0.4 is 10.6 Å². The lowest BCUT2D eigenvalue weighted by Crippen LogP contribution is -2.38. The third-order valence-corrected chi connectivity index (χ3v) is 4.79. The van der Waals surface area contributed by atoms with Crippen molar-refractivity contribution in [3.05, 3.63) is 16.5 Å². The number of anilines is 1. The fourth-order valence-electron chi connectivity index (χ4n) is 2.40. The lowest BCUT2D eigenvalue weighted by Gasteiger charge is -2.31. The van der Waals surface area contributed by atoms with E-state index in [0.717, 1.165) is 42.7 Å². The summed E-state index contributed by atoms with van der Waals surface area (Å²) in [6.07, 6.45) is 2.34. The molecule has 102 valence electrons. The zero-order valence-corrected chi connectivity index (χ0v) is 12.0. The molecule has 2 aromatic rings. The van der Waals surface area contributed by atoms with Gasteiger partial charge in [0.15, 0.2) is 5.82 Å². The molecule has 0 radical (unpaired) electrons. The second kappa shape index (κ2) is 5.48. The summed E-state index contributed by atoms with van der Waals surface area (Å²) in [5, 5.41) is 9.94. The highest BCUT2D eigenvalue weighted by Gasteiger charge is 2.22. The van der Waals surface area contributed by atoms with Crippen molar-refractivity contribution in [1.82, 2.24) is 15.2 Å². The molecule has 1 fully saturated rings. The molecule has 1 aliphatic heterocycles. The molecule has 1 saturated heterocycles. The lowest BCUT2D eigenvalue weighted by molar-refractivity contribution is 0.420. The Bertz CT molecular complexity index is 552. The molecular weight excluding hydrogens is 282 g/mol. The number of nitrogens with two attached hydrogens (primary N) is 1. The Morgan fingerprint density at radius 2 is 2.47 bits per heavy atom. The van der Waals surface area contributed by atoms with Gasteiger partial charge in [-0.1, -0.05) is 11.6 Å². The summed E-state index contributed by atoms with van der Waals surface area (Å²) in [5.74, 6) is 2.03. The van der Waals surface area contributed by atoms with Gasteiger partial charge < -0.3 is 10.6 Å². The van der Waals surface area contributed by atoms with Gasteiger partial charge in [-0.25, -0.2) is 0 Å². The minimum atomic E-state index is 0.543. The summed E-state index contributed by atoms with van der Waals surface area (Å²) >= 11 is 7.67. The predicted octanol–water partition coefficient (Wildman–Crippen LogP) is 2.36. The second-order valence-corrected chi connectivity index (χ2v) is 6.09. The van der Waals surface area contributed by atoms with Crippen LogP contribution in [0.1, 0.15) is 12.8 Å². The van der Waals surface area contributed by atoms with Crippen LogP contribution in [0.15, 0.2) is 11.4 Å². The first-order chi connectivity index (χ1) is 9.28. The van der Waals surface area contributed by atoms with Gasteiger partial charge in [0.2, 0.25) is 5.95 Å². The van der Waals surface area contributed by atoms with Crippen LogP contribution in [0.25, 0.3) is 10.7 Å². The quantitative estimate of drug-likeness (QED) is 0.912. The third kappa shape index (κ3) is 2.61. The first-order valence-electron chi connectivity index (χ1n) is 6.38. The fraction of sp³-hybridized carbons (Fsp3) is 0.500. The molecule has 0 aliphatic carbocycles. The van der Waals surface area contributed by atoms with Gasteiger partial charge in [-0.3, -0.25) is 5.10 Å². The molecule has 2 aromatic heterocycles. The second-order valence-electron chi connectivity index (χ2n) is 4.77. The Hall–Kier alpha value is -1.11. The minimum absolute atomic E-state index is 0.543. The van der Waals surface area contributed by atoms with Gasteiger partial charge in [0, 0.05) is 13.1 Å². The van der Waals surface area contributed by atoms with Crippen molar-refractivity contribution in [3.63, 3.8) is 0 Å². The van der Waals surface area contributed by atoms with E-state index in [-0.39, 0.29) is 0 Å². The SMILES string of the molecule is NCC1CCCN(c2n[nH]c(-c3sccc3Cl)n2)C1. The Morgan fingerprint density at radius 3 is 3.21 bits per heavy atom. The molecule has 1 unspecified atom stereocenters. The van der Waals surface area contributed by atoms with E-state index in [1.807, 2.05) is 11.4 Å². The predicted molar refractivity (Wildman–Crippen MR) is 78.7 cm³/mol. The smallest absolute Gasteiger partial charge is 0.245 e. The average Bonchev–Trinajstić information content (AvgIpc) is 3.07. The van der Waals surface area contributed by atoms with E-state index >= 15 is 0 Å². The molecule has 0 aromatic carbocycles. The van der Waals surface area contributed by atoms with E-state index in [2.05, 4.69) is 20.1 Å². The van der Waals surface area contributed by atoms with Crippen LogP contribution >= 0.6 is 22.9 Å². The van der Waals surface area contributed by atoms with Crippen molar-refractivity contribution in [1.29, 1.82) is 0 Å². The molecule has 3 rings (SSSR count). The van der Waals surface area contributed by atoms with Crippen LogP contribution in [0, 0.1) is 5.92 Å². The number of nitrogens with zero attached hydrogens (tertiary/aromatic N) is 3. The molecule has 1 aliphatic rings. The number of H-pyrrole nitrogens is 1. The van der Waals surface area contributed by atoms with Crippen LogP contribution in [0.2, 0.25) is 5.02 Å². The van der Waals surface area contributed by atoms with Gasteiger partial charge in [-0.05, 0) is 36.8 Å². The maximum atomic E-state index is 6.11. The molecule has 0 saturated carbocycles. The van der Waals surface area contributed by atoms with Crippen molar-refractivity contribution >= 4 is 28.9 Å². The topological polar surface area (TPSA) is 70.8 Å². The van der Waals surface area contributed by atoms with E-state index in [9.17, 15) is 0 Å². The van der Waals surface area contributed by atoms with Crippen LogP contribution in [0.4, 0.5) is 5.95 Å². The number of hydrogen-bond acceptors (Lipinski definition) is 5. The van der Waals surface area contributed by atoms with Crippen LogP contribution in [0.3, 0.4) is 0 Å². The summed E-state index contributed by atoms with van der Waals surface area (Å²) < 4.78 is 0. The number of thiophene rings is 1. The summed E-state index contributed by atoms with van der Waals surface area (Å²) in [6.45, 7) is 2.66. The number of hydrogen-bond donors (Lipinski definition) is 2. The van der Waals surface area contributed by atoms with E-state index in [1.54, 1.807) is 11.3 Å². The fourth-order valence-corrected chi connectivity index (χ4v) is 3.48. The number of aromatic amines is 1. The monoisotopic (exact) mass is 297 g/mol. The lowest BCUT2D eigenvalue weighted by atomic mass is 9.99. The average molecular weight is 298 g/mol. The summed E-state index contributed by atoms with van der Waals surface area (Å²) in [4.78, 5) is 7.69.